The van der Waals surface area contributed by atoms with Crippen molar-refractivity contribution in [2.75, 3.05) is 13.1 Å². The highest BCUT2D eigenvalue weighted by atomic mass is 19.1. The molecule has 4 rings (SSSR count). The molecule has 0 radical (unpaired) electrons. The molecule has 3 aromatic rings. The average Bonchev–Trinajstić information content (AvgIpc) is 3.16. The van der Waals surface area contributed by atoms with Crippen LogP contribution in [0.5, 0.6) is 5.75 Å². The lowest BCUT2D eigenvalue weighted by Crippen LogP contribution is -2.42. The second-order valence-electron chi connectivity index (χ2n) is 8.19. The molecule has 2 atom stereocenters. The highest BCUT2D eigenvalue weighted by molar-refractivity contribution is 5.95. The van der Waals surface area contributed by atoms with Gasteiger partial charge in [-0.15, -0.1) is 0 Å². The SMILES string of the molecule is CC1CC(C)CN(C(=O)c2nn(-c3ccc(F)cc3)cc2OCc2ccccc2)C1. The van der Waals surface area contributed by atoms with Gasteiger partial charge in [0, 0.05) is 13.1 Å². The van der Waals surface area contributed by atoms with Gasteiger partial charge >= 0.3 is 0 Å². The number of hydrogen-bond donors (Lipinski definition) is 0. The van der Waals surface area contributed by atoms with Crippen molar-refractivity contribution in [1.82, 2.24) is 14.7 Å². The van der Waals surface area contributed by atoms with Gasteiger partial charge < -0.3 is 9.64 Å². The molecule has 1 aromatic heterocycles. The van der Waals surface area contributed by atoms with Crippen LogP contribution in [0.3, 0.4) is 0 Å². The fourth-order valence-electron chi connectivity index (χ4n) is 4.05. The molecular formula is C24H26FN3O2. The molecule has 1 fully saturated rings. The largest absolute Gasteiger partial charge is 0.485 e. The minimum atomic E-state index is -0.320. The van der Waals surface area contributed by atoms with Crippen LogP contribution in [-0.2, 0) is 6.61 Å². The zero-order valence-electron chi connectivity index (χ0n) is 17.3. The lowest BCUT2D eigenvalue weighted by Gasteiger charge is -2.34. The van der Waals surface area contributed by atoms with E-state index in [9.17, 15) is 9.18 Å². The van der Waals surface area contributed by atoms with Gasteiger partial charge in [0.25, 0.3) is 5.91 Å². The van der Waals surface area contributed by atoms with Crippen molar-refractivity contribution in [3.63, 3.8) is 0 Å². The Morgan fingerprint density at radius 3 is 2.40 bits per heavy atom. The third-order valence-corrected chi connectivity index (χ3v) is 5.37. The summed E-state index contributed by atoms with van der Waals surface area (Å²) in [5.41, 5.74) is 1.96. The standard InChI is InChI=1S/C24H26FN3O2/c1-17-12-18(2)14-27(13-17)24(29)23-22(30-16-19-6-4-3-5-7-19)15-28(26-23)21-10-8-20(25)9-11-21/h3-11,15,17-18H,12-14,16H2,1-2H3. The van der Waals surface area contributed by atoms with Crippen LogP contribution < -0.4 is 4.74 Å². The van der Waals surface area contributed by atoms with Crippen molar-refractivity contribution in [1.29, 1.82) is 0 Å². The summed E-state index contributed by atoms with van der Waals surface area (Å²) in [6, 6.07) is 15.8. The summed E-state index contributed by atoms with van der Waals surface area (Å²) in [4.78, 5) is 15.2. The smallest absolute Gasteiger partial charge is 0.278 e. The number of aromatic nitrogens is 2. The molecule has 0 bridgehead atoms. The topological polar surface area (TPSA) is 47.4 Å². The minimum absolute atomic E-state index is 0.127. The van der Waals surface area contributed by atoms with Crippen LogP contribution in [0.15, 0.2) is 60.8 Å². The maximum atomic E-state index is 13.3. The molecule has 2 unspecified atom stereocenters. The monoisotopic (exact) mass is 407 g/mol. The van der Waals surface area contributed by atoms with E-state index in [2.05, 4.69) is 18.9 Å². The van der Waals surface area contributed by atoms with E-state index in [1.807, 2.05) is 35.2 Å². The number of carbonyl (C=O) groups is 1. The van der Waals surface area contributed by atoms with Gasteiger partial charge in [-0.2, -0.15) is 5.10 Å². The zero-order valence-corrected chi connectivity index (χ0v) is 17.3. The Balaban J connectivity index is 1.64. The highest BCUT2D eigenvalue weighted by Gasteiger charge is 2.30. The molecule has 0 saturated carbocycles. The van der Waals surface area contributed by atoms with E-state index in [4.69, 9.17) is 4.74 Å². The summed E-state index contributed by atoms with van der Waals surface area (Å²) >= 11 is 0. The Morgan fingerprint density at radius 1 is 1.07 bits per heavy atom. The molecule has 1 saturated heterocycles. The summed E-state index contributed by atoms with van der Waals surface area (Å²) in [6.45, 7) is 6.10. The summed E-state index contributed by atoms with van der Waals surface area (Å²) in [5, 5.41) is 4.53. The second-order valence-corrected chi connectivity index (χ2v) is 8.19. The molecule has 1 amide bonds. The van der Waals surface area contributed by atoms with Gasteiger partial charge in [0.05, 0.1) is 11.9 Å². The van der Waals surface area contributed by atoms with E-state index in [0.717, 1.165) is 12.0 Å². The van der Waals surface area contributed by atoms with E-state index < -0.39 is 0 Å². The van der Waals surface area contributed by atoms with Crippen molar-refractivity contribution in [2.45, 2.75) is 26.9 Å². The van der Waals surface area contributed by atoms with E-state index in [1.165, 1.54) is 12.1 Å². The van der Waals surface area contributed by atoms with Gasteiger partial charge in [0.15, 0.2) is 11.4 Å². The average molecular weight is 407 g/mol. The number of amides is 1. The third-order valence-electron chi connectivity index (χ3n) is 5.37. The molecule has 0 spiro atoms. The number of hydrogen-bond acceptors (Lipinski definition) is 3. The normalized spacial score (nSPS) is 19.0. The van der Waals surface area contributed by atoms with Crippen LogP contribution in [-0.4, -0.2) is 33.7 Å². The first-order valence-corrected chi connectivity index (χ1v) is 10.3. The number of likely N-dealkylation sites (tertiary alicyclic amines) is 1. The lowest BCUT2D eigenvalue weighted by molar-refractivity contribution is 0.0612. The number of ether oxygens (including phenoxy) is 1. The fraction of sp³-hybridized carbons (Fsp3) is 0.333. The van der Waals surface area contributed by atoms with Crippen molar-refractivity contribution in [3.05, 3.63) is 77.9 Å². The van der Waals surface area contributed by atoms with Gasteiger partial charge in [-0.05, 0) is 48.1 Å². The van der Waals surface area contributed by atoms with Crippen molar-refractivity contribution in [3.8, 4) is 11.4 Å². The molecule has 1 aliphatic heterocycles. The lowest BCUT2D eigenvalue weighted by atomic mass is 9.92. The van der Waals surface area contributed by atoms with Crippen molar-refractivity contribution in [2.24, 2.45) is 11.8 Å². The first kappa shape index (κ1) is 20.1. The predicted octanol–water partition coefficient (Wildman–Crippen LogP) is 4.71. The Bertz CT molecular complexity index is 991. The first-order valence-electron chi connectivity index (χ1n) is 10.3. The molecule has 0 N–H and O–H groups in total. The predicted molar refractivity (Wildman–Crippen MR) is 113 cm³/mol. The number of piperidine rings is 1. The van der Waals surface area contributed by atoms with Crippen molar-refractivity contribution >= 4 is 5.91 Å². The molecule has 2 aromatic carbocycles. The maximum Gasteiger partial charge on any atom is 0.278 e. The Morgan fingerprint density at radius 2 is 1.73 bits per heavy atom. The summed E-state index contributed by atoms with van der Waals surface area (Å²) in [5.74, 6) is 0.881. The Kier molecular flexibility index (Phi) is 5.84. The quantitative estimate of drug-likeness (QED) is 0.615. The third kappa shape index (κ3) is 4.53. The molecule has 5 nitrogen and oxygen atoms in total. The zero-order chi connectivity index (χ0) is 21.1. The van der Waals surface area contributed by atoms with E-state index >= 15 is 0 Å². The first-order chi connectivity index (χ1) is 14.5. The van der Waals surface area contributed by atoms with Crippen LogP contribution in [0.25, 0.3) is 5.69 Å². The Hall–Kier alpha value is -3.15. The van der Waals surface area contributed by atoms with Crippen LogP contribution >= 0.6 is 0 Å². The molecule has 2 heterocycles. The number of nitrogens with zero attached hydrogens (tertiary/aromatic N) is 3. The van der Waals surface area contributed by atoms with Gasteiger partial charge in [0.1, 0.15) is 12.4 Å². The molecule has 156 valence electrons. The molecular weight excluding hydrogens is 381 g/mol. The Labute approximate surface area is 176 Å². The molecule has 30 heavy (non-hydrogen) atoms. The molecule has 0 aliphatic carbocycles. The number of benzene rings is 2. The summed E-state index contributed by atoms with van der Waals surface area (Å²) < 4.78 is 20.9. The molecule has 1 aliphatic rings. The van der Waals surface area contributed by atoms with Crippen LogP contribution in [0.4, 0.5) is 4.39 Å². The van der Waals surface area contributed by atoms with Gasteiger partial charge in [-0.25, -0.2) is 9.07 Å². The minimum Gasteiger partial charge on any atom is -0.485 e. The van der Waals surface area contributed by atoms with Gasteiger partial charge in [-0.1, -0.05) is 44.2 Å². The van der Waals surface area contributed by atoms with Gasteiger partial charge in [0.2, 0.25) is 0 Å². The van der Waals surface area contributed by atoms with Crippen LogP contribution in [0.1, 0.15) is 36.3 Å². The van der Waals surface area contributed by atoms with E-state index in [0.29, 0.717) is 43.0 Å². The van der Waals surface area contributed by atoms with Crippen LogP contribution in [0, 0.1) is 17.7 Å². The number of carbonyl (C=O) groups excluding carboxylic acids is 1. The van der Waals surface area contributed by atoms with E-state index in [-0.39, 0.29) is 17.4 Å². The maximum absolute atomic E-state index is 13.3. The number of halogens is 1. The summed E-state index contributed by atoms with van der Waals surface area (Å²) in [7, 11) is 0. The second kappa shape index (κ2) is 8.69. The fourth-order valence-corrected chi connectivity index (χ4v) is 4.05. The number of rotatable bonds is 5. The van der Waals surface area contributed by atoms with Gasteiger partial charge in [-0.3, -0.25) is 4.79 Å². The van der Waals surface area contributed by atoms with Crippen LogP contribution in [0.2, 0.25) is 0 Å². The van der Waals surface area contributed by atoms with Crippen molar-refractivity contribution < 1.29 is 13.9 Å². The van der Waals surface area contributed by atoms with E-state index in [1.54, 1.807) is 23.0 Å². The molecule has 6 heteroatoms. The highest BCUT2D eigenvalue weighted by Crippen LogP contribution is 2.27. The summed E-state index contributed by atoms with van der Waals surface area (Å²) in [6.07, 6.45) is 2.81.